The number of fused-ring (bicyclic) bond motifs is 2. The topological polar surface area (TPSA) is 41.5 Å². The third kappa shape index (κ3) is 2.89. The van der Waals surface area contributed by atoms with Crippen molar-refractivity contribution >= 4 is 28.1 Å². The highest BCUT2D eigenvalue weighted by atomic mass is 79.9. The standard InChI is InChI=1S/C15H17BrN2O/c16-14-3-1-2-12(8-14)15(19)18-17-9-13-7-10-4-5-11(13)6-10/h1-3,8-11,13H,4-7H2,(H,18,19)/b17-9+/t10-,11-,13+/m0/s1. The zero-order valence-electron chi connectivity index (χ0n) is 10.7. The van der Waals surface area contributed by atoms with E-state index in [1.54, 1.807) is 12.1 Å². The summed E-state index contributed by atoms with van der Waals surface area (Å²) in [6.45, 7) is 0. The van der Waals surface area contributed by atoms with Crippen molar-refractivity contribution in [3.63, 3.8) is 0 Å². The SMILES string of the molecule is O=C(N/N=C/[C@H]1C[C@H]2CC[C@H]1C2)c1cccc(Br)c1. The Morgan fingerprint density at radius 1 is 1.37 bits per heavy atom. The van der Waals surface area contributed by atoms with E-state index < -0.39 is 0 Å². The highest BCUT2D eigenvalue weighted by molar-refractivity contribution is 9.10. The van der Waals surface area contributed by atoms with E-state index in [0.717, 1.165) is 16.3 Å². The first-order chi connectivity index (χ1) is 9.22. The van der Waals surface area contributed by atoms with Crippen LogP contribution < -0.4 is 5.43 Å². The maximum absolute atomic E-state index is 11.9. The molecule has 0 radical (unpaired) electrons. The minimum absolute atomic E-state index is 0.152. The van der Waals surface area contributed by atoms with E-state index >= 15 is 0 Å². The van der Waals surface area contributed by atoms with Crippen LogP contribution in [-0.4, -0.2) is 12.1 Å². The summed E-state index contributed by atoms with van der Waals surface area (Å²) in [6, 6.07) is 7.32. The molecule has 2 saturated carbocycles. The van der Waals surface area contributed by atoms with Crippen LogP contribution in [0.5, 0.6) is 0 Å². The first-order valence-corrected chi connectivity index (χ1v) is 7.61. The Labute approximate surface area is 121 Å². The monoisotopic (exact) mass is 320 g/mol. The molecule has 1 aromatic rings. The zero-order chi connectivity index (χ0) is 13.2. The predicted octanol–water partition coefficient (Wildman–Crippen LogP) is 3.60. The van der Waals surface area contributed by atoms with Crippen molar-refractivity contribution < 1.29 is 4.79 Å². The lowest BCUT2D eigenvalue weighted by atomic mass is 9.90. The van der Waals surface area contributed by atoms with Crippen molar-refractivity contribution in [2.75, 3.05) is 0 Å². The quantitative estimate of drug-likeness (QED) is 0.671. The van der Waals surface area contributed by atoms with Gasteiger partial charge in [0.1, 0.15) is 0 Å². The number of carbonyl (C=O) groups is 1. The fourth-order valence-corrected chi connectivity index (χ4v) is 3.76. The summed E-state index contributed by atoms with van der Waals surface area (Å²) in [6.07, 6.45) is 7.28. The van der Waals surface area contributed by atoms with Gasteiger partial charge in [0.05, 0.1) is 0 Å². The van der Waals surface area contributed by atoms with Crippen LogP contribution in [0.4, 0.5) is 0 Å². The molecule has 100 valence electrons. The highest BCUT2D eigenvalue weighted by Crippen LogP contribution is 2.47. The van der Waals surface area contributed by atoms with Gasteiger partial charge in [0.25, 0.3) is 5.91 Å². The van der Waals surface area contributed by atoms with Crippen LogP contribution in [0.1, 0.15) is 36.0 Å². The van der Waals surface area contributed by atoms with Crippen molar-refractivity contribution in [3.05, 3.63) is 34.3 Å². The molecular formula is C15H17BrN2O. The Morgan fingerprint density at radius 3 is 2.95 bits per heavy atom. The van der Waals surface area contributed by atoms with Crippen LogP contribution in [0.25, 0.3) is 0 Å². The largest absolute Gasteiger partial charge is 0.271 e. The number of carbonyl (C=O) groups excluding carboxylic acids is 1. The number of rotatable bonds is 3. The molecule has 3 atom stereocenters. The molecule has 0 aromatic heterocycles. The molecule has 0 unspecified atom stereocenters. The average Bonchev–Trinajstić information content (AvgIpc) is 3.01. The molecule has 0 aliphatic heterocycles. The number of hydrogen-bond acceptors (Lipinski definition) is 2. The molecule has 0 spiro atoms. The van der Waals surface area contributed by atoms with Gasteiger partial charge < -0.3 is 0 Å². The molecule has 3 rings (SSSR count). The molecular weight excluding hydrogens is 304 g/mol. The van der Waals surface area contributed by atoms with Gasteiger partial charge in [-0.05, 0) is 55.2 Å². The van der Waals surface area contributed by atoms with E-state index in [9.17, 15) is 4.79 Å². The van der Waals surface area contributed by atoms with Gasteiger partial charge in [-0.1, -0.05) is 28.4 Å². The maximum atomic E-state index is 11.9. The summed E-state index contributed by atoms with van der Waals surface area (Å²) < 4.78 is 0.900. The number of nitrogens with one attached hydrogen (secondary N) is 1. The first kappa shape index (κ1) is 12.9. The van der Waals surface area contributed by atoms with E-state index in [1.165, 1.54) is 25.7 Å². The summed E-state index contributed by atoms with van der Waals surface area (Å²) in [4.78, 5) is 11.9. The molecule has 0 saturated heterocycles. The van der Waals surface area contributed by atoms with E-state index in [-0.39, 0.29) is 5.91 Å². The van der Waals surface area contributed by atoms with Gasteiger partial charge >= 0.3 is 0 Å². The van der Waals surface area contributed by atoms with Crippen LogP contribution >= 0.6 is 15.9 Å². The molecule has 2 bridgehead atoms. The van der Waals surface area contributed by atoms with Gasteiger partial charge in [-0.25, -0.2) is 5.43 Å². The fourth-order valence-electron chi connectivity index (χ4n) is 3.36. The van der Waals surface area contributed by atoms with Crippen LogP contribution in [0, 0.1) is 17.8 Å². The number of amides is 1. The van der Waals surface area contributed by atoms with Crippen molar-refractivity contribution in [2.24, 2.45) is 22.9 Å². The molecule has 1 aromatic carbocycles. The molecule has 3 nitrogen and oxygen atoms in total. The number of hydrogen-bond donors (Lipinski definition) is 1. The second-order valence-corrected chi connectivity index (χ2v) is 6.48. The van der Waals surface area contributed by atoms with Crippen LogP contribution in [0.2, 0.25) is 0 Å². The zero-order valence-corrected chi connectivity index (χ0v) is 12.3. The second kappa shape index (κ2) is 5.45. The number of halogens is 1. The van der Waals surface area contributed by atoms with Gasteiger partial charge in [0, 0.05) is 16.3 Å². The summed E-state index contributed by atoms with van der Waals surface area (Å²) in [5.74, 6) is 2.13. The van der Waals surface area contributed by atoms with Gasteiger partial charge in [-0.2, -0.15) is 5.10 Å². The Morgan fingerprint density at radius 2 is 2.26 bits per heavy atom. The lowest BCUT2D eigenvalue weighted by Gasteiger charge is -2.16. The maximum Gasteiger partial charge on any atom is 0.271 e. The Balaban J connectivity index is 1.56. The summed E-state index contributed by atoms with van der Waals surface area (Å²) in [7, 11) is 0. The minimum atomic E-state index is -0.152. The van der Waals surface area contributed by atoms with Crippen LogP contribution in [0.3, 0.4) is 0 Å². The minimum Gasteiger partial charge on any atom is -0.267 e. The van der Waals surface area contributed by atoms with Crippen LogP contribution in [-0.2, 0) is 0 Å². The molecule has 2 fully saturated rings. The molecule has 4 heteroatoms. The van der Waals surface area contributed by atoms with E-state index in [1.807, 2.05) is 18.3 Å². The van der Waals surface area contributed by atoms with E-state index in [2.05, 4.69) is 26.5 Å². The van der Waals surface area contributed by atoms with Gasteiger partial charge in [-0.3, -0.25) is 4.79 Å². The van der Waals surface area contributed by atoms with Crippen molar-refractivity contribution in [1.82, 2.24) is 5.43 Å². The normalized spacial score (nSPS) is 29.0. The third-order valence-electron chi connectivity index (χ3n) is 4.31. The van der Waals surface area contributed by atoms with Crippen molar-refractivity contribution in [2.45, 2.75) is 25.7 Å². The Hall–Kier alpha value is -1.16. The van der Waals surface area contributed by atoms with Gasteiger partial charge in [0.15, 0.2) is 0 Å². The van der Waals surface area contributed by atoms with Gasteiger partial charge in [-0.15, -0.1) is 0 Å². The average molecular weight is 321 g/mol. The molecule has 1 amide bonds. The summed E-state index contributed by atoms with van der Waals surface area (Å²) in [5.41, 5.74) is 3.25. The number of hydrazone groups is 1. The van der Waals surface area contributed by atoms with E-state index in [0.29, 0.717) is 11.5 Å². The van der Waals surface area contributed by atoms with Crippen molar-refractivity contribution in [3.8, 4) is 0 Å². The lowest BCUT2D eigenvalue weighted by Crippen LogP contribution is -2.20. The molecule has 2 aliphatic rings. The van der Waals surface area contributed by atoms with Crippen molar-refractivity contribution in [1.29, 1.82) is 0 Å². The molecule has 1 N–H and O–H groups in total. The first-order valence-electron chi connectivity index (χ1n) is 6.81. The molecule has 0 heterocycles. The smallest absolute Gasteiger partial charge is 0.267 e. The van der Waals surface area contributed by atoms with E-state index in [4.69, 9.17) is 0 Å². The second-order valence-electron chi connectivity index (χ2n) is 5.57. The summed E-state index contributed by atoms with van der Waals surface area (Å²) >= 11 is 3.36. The lowest BCUT2D eigenvalue weighted by molar-refractivity contribution is 0.0954. The predicted molar refractivity (Wildman–Crippen MR) is 79.0 cm³/mol. The number of benzene rings is 1. The summed E-state index contributed by atoms with van der Waals surface area (Å²) in [5, 5.41) is 4.14. The number of nitrogens with zero attached hydrogens (tertiary/aromatic N) is 1. The Kier molecular flexibility index (Phi) is 3.69. The molecule has 2 aliphatic carbocycles. The fraction of sp³-hybridized carbons (Fsp3) is 0.467. The molecule has 19 heavy (non-hydrogen) atoms. The van der Waals surface area contributed by atoms with Crippen LogP contribution in [0.15, 0.2) is 33.8 Å². The highest BCUT2D eigenvalue weighted by Gasteiger charge is 2.38. The third-order valence-corrected chi connectivity index (χ3v) is 4.80. The Bertz CT molecular complexity index is 515. The van der Waals surface area contributed by atoms with Gasteiger partial charge in [0.2, 0.25) is 0 Å².